The number of hydrogen-bond donors (Lipinski definition) is 4. The first kappa shape index (κ1) is 33.1. The van der Waals surface area contributed by atoms with Crippen LogP contribution in [0.5, 0.6) is 0 Å². The summed E-state index contributed by atoms with van der Waals surface area (Å²) in [5.74, 6) is -5.02. The number of pyridine rings is 1. The highest BCUT2D eigenvalue weighted by Crippen LogP contribution is 2.22. The van der Waals surface area contributed by atoms with Crippen LogP contribution in [0.2, 0.25) is 0 Å². The number of carbonyl (C=O) groups is 3. The van der Waals surface area contributed by atoms with E-state index in [-0.39, 0.29) is 0 Å². The lowest BCUT2D eigenvalue weighted by atomic mass is 9.96. The Labute approximate surface area is 239 Å². The molecule has 1 aromatic carbocycles. The fourth-order valence-corrected chi connectivity index (χ4v) is 4.15. The Hall–Kier alpha value is -4.13. The maximum atomic E-state index is 10.3. The van der Waals surface area contributed by atoms with Crippen LogP contribution in [0.25, 0.3) is 5.69 Å². The summed E-state index contributed by atoms with van der Waals surface area (Å²) >= 11 is 0. The number of nitrogens with zero attached hydrogens (tertiary/aromatic N) is 5. The molecule has 0 aliphatic rings. The lowest BCUT2D eigenvalue weighted by Crippen LogP contribution is -2.42. The van der Waals surface area contributed by atoms with Crippen LogP contribution in [0, 0.1) is 20.8 Å². The number of aliphatic carboxylic acids is 3. The molecule has 0 saturated heterocycles. The van der Waals surface area contributed by atoms with Gasteiger partial charge in [0, 0.05) is 43.6 Å². The first-order valence-corrected chi connectivity index (χ1v) is 13.0. The summed E-state index contributed by atoms with van der Waals surface area (Å²) in [7, 11) is 4.23. The predicted octanol–water partition coefficient (Wildman–Crippen LogP) is 2.51. The van der Waals surface area contributed by atoms with Crippen LogP contribution >= 0.6 is 0 Å². The zero-order chi connectivity index (χ0) is 30.7. The number of benzene rings is 1. The van der Waals surface area contributed by atoms with Crippen LogP contribution in [0.1, 0.15) is 41.1 Å². The Morgan fingerprint density at radius 3 is 2.00 bits per heavy atom. The van der Waals surface area contributed by atoms with Crippen LogP contribution in [0.4, 0.5) is 0 Å². The van der Waals surface area contributed by atoms with Crippen molar-refractivity contribution in [3.05, 3.63) is 76.9 Å². The molecule has 2 aromatic heterocycles. The first-order chi connectivity index (χ1) is 19.2. The summed E-state index contributed by atoms with van der Waals surface area (Å²) in [5.41, 5.74) is 4.36. The molecule has 0 amide bonds. The first-order valence-electron chi connectivity index (χ1n) is 13.0. The molecule has 4 N–H and O–H groups in total. The van der Waals surface area contributed by atoms with Gasteiger partial charge in [-0.15, -0.1) is 0 Å². The second-order valence-corrected chi connectivity index (χ2v) is 10.2. The Morgan fingerprint density at radius 2 is 1.49 bits per heavy atom. The van der Waals surface area contributed by atoms with E-state index in [1.165, 1.54) is 16.8 Å². The molecular weight excluding hydrogens is 530 g/mol. The van der Waals surface area contributed by atoms with Gasteiger partial charge in [0.1, 0.15) is 0 Å². The van der Waals surface area contributed by atoms with Gasteiger partial charge in [0.05, 0.1) is 29.9 Å². The molecule has 3 rings (SSSR count). The van der Waals surface area contributed by atoms with Gasteiger partial charge in [-0.3, -0.25) is 19.5 Å². The summed E-state index contributed by atoms with van der Waals surface area (Å²) in [6, 6.07) is 14.5. The number of carboxylic acids is 3. The highest BCUT2D eigenvalue weighted by molar-refractivity contribution is 5.88. The van der Waals surface area contributed by atoms with Crippen molar-refractivity contribution in [3.8, 4) is 5.69 Å². The fraction of sp³-hybridized carbons (Fsp3) is 0.414. The van der Waals surface area contributed by atoms with Crippen molar-refractivity contribution in [3.63, 3.8) is 0 Å². The third-order valence-corrected chi connectivity index (χ3v) is 6.43. The van der Waals surface area contributed by atoms with Gasteiger partial charge in [-0.05, 0) is 58.6 Å². The van der Waals surface area contributed by atoms with E-state index in [4.69, 9.17) is 25.5 Å². The van der Waals surface area contributed by atoms with Gasteiger partial charge >= 0.3 is 17.9 Å². The quantitative estimate of drug-likeness (QED) is 0.239. The predicted molar refractivity (Wildman–Crippen MR) is 152 cm³/mol. The van der Waals surface area contributed by atoms with Crippen molar-refractivity contribution in [2.45, 2.75) is 52.3 Å². The number of aromatic nitrogens is 3. The zero-order valence-electron chi connectivity index (χ0n) is 24.1. The van der Waals surface area contributed by atoms with E-state index in [9.17, 15) is 14.4 Å². The lowest BCUT2D eigenvalue weighted by molar-refractivity contribution is -0.170. The van der Waals surface area contributed by atoms with Crippen molar-refractivity contribution in [2.24, 2.45) is 0 Å². The molecule has 0 saturated carbocycles. The molecule has 0 aliphatic carbocycles. The molecule has 12 heteroatoms. The molecule has 2 heterocycles. The van der Waals surface area contributed by atoms with Crippen molar-refractivity contribution in [2.75, 3.05) is 27.2 Å². The molecular formula is C29H39N5O7. The minimum atomic E-state index is -2.74. The third kappa shape index (κ3) is 10.1. The van der Waals surface area contributed by atoms with Crippen molar-refractivity contribution < 1.29 is 34.8 Å². The molecule has 0 radical (unpaired) electrons. The van der Waals surface area contributed by atoms with Gasteiger partial charge in [-0.25, -0.2) is 9.48 Å². The maximum Gasteiger partial charge on any atom is 0.336 e. The van der Waals surface area contributed by atoms with Gasteiger partial charge < -0.3 is 25.3 Å². The Morgan fingerprint density at radius 1 is 0.878 bits per heavy atom. The van der Waals surface area contributed by atoms with E-state index >= 15 is 0 Å². The number of hydrogen-bond acceptors (Lipinski definition) is 8. The topological polar surface area (TPSA) is 169 Å². The average Bonchev–Trinajstić information content (AvgIpc) is 3.15. The molecule has 0 fully saturated rings. The molecule has 0 aliphatic heterocycles. The van der Waals surface area contributed by atoms with E-state index in [1.807, 2.05) is 12.3 Å². The highest BCUT2D eigenvalue weighted by Gasteiger charge is 2.40. The van der Waals surface area contributed by atoms with E-state index in [2.05, 4.69) is 90.7 Å². The average molecular weight is 570 g/mol. The molecule has 0 atom stereocenters. The summed E-state index contributed by atoms with van der Waals surface area (Å²) in [6.07, 6.45) is -0.421. The minimum Gasteiger partial charge on any atom is -0.481 e. The second kappa shape index (κ2) is 15.0. The monoisotopic (exact) mass is 569 g/mol. The largest absolute Gasteiger partial charge is 0.481 e. The van der Waals surface area contributed by atoms with Crippen LogP contribution in [0.15, 0.2) is 48.7 Å². The van der Waals surface area contributed by atoms with Crippen LogP contribution in [-0.2, 0) is 27.5 Å². The smallest absolute Gasteiger partial charge is 0.336 e. The number of para-hydroxylation sites is 1. The molecule has 12 nitrogen and oxygen atoms in total. The van der Waals surface area contributed by atoms with Gasteiger partial charge in [-0.2, -0.15) is 5.10 Å². The maximum absolute atomic E-state index is 10.3. The van der Waals surface area contributed by atoms with E-state index in [0.717, 1.165) is 43.3 Å². The van der Waals surface area contributed by atoms with E-state index < -0.39 is 36.4 Å². The van der Waals surface area contributed by atoms with Gasteiger partial charge in [0.25, 0.3) is 0 Å². The Kier molecular flexibility index (Phi) is 12.1. The summed E-state index contributed by atoms with van der Waals surface area (Å²) in [4.78, 5) is 39.7. The van der Waals surface area contributed by atoms with Crippen LogP contribution in [-0.4, -0.2) is 95.7 Å². The zero-order valence-corrected chi connectivity index (χ0v) is 24.1. The standard InChI is InChI=1S/C23H31N5.C6H8O7/c1-18-10-6-7-12-23(18)28-20(3)22(19(2)25-28)17-27(15-14-26(4)5)16-21-11-8-9-13-24-21;7-3(8)1-6(13,5(11)12)2-4(9)10/h6-13H,14-17H2,1-5H3;13H,1-2H2,(H,7,8)(H,9,10)(H,11,12). The van der Waals surface area contributed by atoms with Gasteiger partial charge in [0.15, 0.2) is 5.60 Å². The minimum absolute atomic E-state index is 0.836. The molecule has 0 spiro atoms. The molecule has 41 heavy (non-hydrogen) atoms. The van der Waals surface area contributed by atoms with Crippen LogP contribution < -0.4 is 0 Å². The lowest BCUT2D eigenvalue weighted by Gasteiger charge is -2.24. The molecule has 0 unspecified atom stereocenters. The number of rotatable bonds is 13. The fourth-order valence-electron chi connectivity index (χ4n) is 4.15. The highest BCUT2D eigenvalue weighted by atomic mass is 16.4. The summed E-state index contributed by atoms with van der Waals surface area (Å²) < 4.78 is 2.09. The summed E-state index contributed by atoms with van der Waals surface area (Å²) in [5, 5.41) is 38.7. The number of carboxylic acid groups (broad SMARTS) is 3. The third-order valence-electron chi connectivity index (χ3n) is 6.43. The number of likely N-dealkylation sites (N-methyl/N-ethyl adjacent to an activating group) is 1. The van der Waals surface area contributed by atoms with Crippen molar-refractivity contribution in [1.82, 2.24) is 24.6 Å². The number of aliphatic hydroxyl groups is 1. The second-order valence-electron chi connectivity index (χ2n) is 10.2. The molecule has 3 aromatic rings. The SMILES string of the molecule is Cc1ccccc1-n1nc(C)c(CN(CCN(C)C)Cc2ccccn2)c1C.O=C(O)CC(O)(CC(=O)O)C(=O)O. The summed E-state index contributed by atoms with van der Waals surface area (Å²) in [6.45, 7) is 10.1. The van der Waals surface area contributed by atoms with Crippen molar-refractivity contribution in [1.29, 1.82) is 0 Å². The number of aryl methyl sites for hydroxylation is 2. The Balaban J connectivity index is 0.000000383. The van der Waals surface area contributed by atoms with E-state index in [0.29, 0.717) is 0 Å². The van der Waals surface area contributed by atoms with Crippen LogP contribution in [0.3, 0.4) is 0 Å². The Bertz CT molecular complexity index is 1310. The molecule has 0 bridgehead atoms. The van der Waals surface area contributed by atoms with Gasteiger partial charge in [-0.1, -0.05) is 24.3 Å². The van der Waals surface area contributed by atoms with Gasteiger partial charge in [0.2, 0.25) is 0 Å². The molecule has 222 valence electrons. The van der Waals surface area contributed by atoms with E-state index in [1.54, 1.807) is 0 Å². The normalized spacial score (nSPS) is 11.3. The van der Waals surface area contributed by atoms with Crippen molar-refractivity contribution >= 4 is 17.9 Å².